The number of aryl methyl sites for hydroxylation is 1. The fourth-order valence-corrected chi connectivity index (χ4v) is 2.84. The van der Waals surface area contributed by atoms with Crippen molar-refractivity contribution in [2.45, 2.75) is 18.8 Å². The van der Waals surface area contributed by atoms with Gasteiger partial charge in [-0.15, -0.1) is 0 Å². The monoisotopic (exact) mass is 256 g/mol. The highest BCUT2D eigenvalue weighted by molar-refractivity contribution is 5.41. The molecule has 0 amide bonds. The van der Waals surface area contributed by atoms with Crippen LogP contribution in [0.3, 0.4) is 0 Å². The summed E-state index contributed by atoms with van der Waals surface area (Å²) in [4.78, 5) is 6.79. The maximum atomic E-state index is 5.74. The van der Waals surface area contributed by atoms with Gasteiger partial charge in [-0.25, -0.2) is 4.98 Å². The first-order valence-electron chi connectivity index (χ1n) is 6.82. The molecule has 1 saturated heterocycles. The topological polar surface area (TPSA) is 47.1 Å². The minimum Gasteiger partial charge on any atom is -0.399 e. The first kappa shape index (κ1) is 12.1. The van der Waals surface area contributed by atoms with E-state index in [1.54, 1.807) is 0 Å². The van der Waals surface area contributed by atoms with E-state index in [-0.39, 0.29) is 0 Å². The normalized spacial score (nSPS) is 16.8. The lowest BCUT2D eigenvalue weighted by molar-refractivity contribution is 0.496. The van der Waals surface area contributed by atoms with Crippen molar-refractivity contribution in [1.29, 1.82) is 0 Å². The maximum Gasteiger partial charge on any atom is 0.205 e. The standard InChI is InChI=1S/C15H20N4/c1-18-11-8-17-15(18)19-9-6-13(7-10-19)12-2-4-14(16)5-3-12/h2-5,8,11,13H,6-7,9-10,16H2,1H3. The molecule has 2 N–H and O–H groups in total. The lowest BCUT2D eigenvalue weighted by Gasteiger charge is -2.32. The fraction of sp³-hybridized carbons (Fsp3) is 0.400. The molecule has 0 radical (unpaired) electrons. The van der Waals surface area contributed by atoms with Gasteiger partial charge in [-0.3, -0.25) is 0 Å². The van der Waals surface area contributed by atoms with Gasteiger partial charge in [0.25, 0.3) is 0 Å². The highest BCUT2D eigenvalue weighted by Gasteiger charge is 2.22. The highest BCUT2D eigenvalue weighted by atomic mass is 15.3. The number of hydrogen-bond acceptors (Lipinski definition) is 3. The Hall–Kier alpha value is -1.97. The fourth-order valence-electron chi connectivity index (χ4n) is 2.84. The van der Waals surface area contributed by atoms with Crippen molar-refractivity contribution in [1.82, 2.24) is 9.55 Å². The van der Waals surface area contributed by atoms with E-state index in [1.807, 2.05) is 31.6 Å². The number of nitrogens with two attached hydrogens (primary N) is 1. The molecule has 4 nitrogen and oxygen atoms in total. The summed E-state index contributed by atoms with van der Waals surface area (Å²) in [6, 6.07) is 8.33. The first-order chi connectivity index (χ1) is 9.24. The molecule has 1 aromatic heterocycles. The number of nitrogens with zero attached hydrogens (tertiary/aromatic N) is 3. The third-order valence-corrected chi connectivity index (χ3v) is 3.98. The van der Waals surface area contributed by atoms with Gasteiger partial charge in [-0.1, -0.05) is 12.1 Å². The van der Waals surface area contributed by atoms with Crippen LogP contribution in [0, 0.1) is 0 Å². The number of piperidine rings is 1. The summed E-state index contributed by atoms with van der Waals surface area (Å²) >= 11 is 0. The number of imidazole rings is 1. The minimum atomic E-state index is 0.650. The Morgan fingerprint density at radius 3 is 2.42 bits per heavy atom. The summed E-state index contributed by atoms with van der Waals surface area (Å²) in [5.74, 6) is 1.73. The van der Waals surface area contributed by atoms with E-state index in [2.05, 4.69) is 26.6 Å². The van der Waals surface area contributed by atoms with Gasteiger partial charge in [0.05, 0.1) is 0 Å². The van der Waals surface area contributed by atoms with Crippen molar-refractivity contribution in [2.24, 2.45) is 7.05 Å². The number of hydrogen-bond donors (Lipinski definition) is 1. The predicted octanol–water partition coefficient (Wildman–Crippen LogP) is 2.39. The van der Waals surface area contributed by atoms with E-state index in [4.69, 9.17) is 5.73 Å². The second kappa shape index (κ2) is 4.96. The van der Waals surface area contributed by atoms with Crippen molar-refractivity contribution in [2.75, 3.05) is 23.7 Å². The molecule has 0 unspecified atom stereocenters. The molecular formula is C15H20N4. The molecule has 3 rings (SSSR count). The number of benzene rings is 1. The Morgan fingerprint density at radius 1 is 1.16 bits per heavy atom. The van der Waals surface area contributed by atoms with E-state index < -0.39 is 0 Å². The molecule has 2 aromatic rings. The van der Waals surface area contributed by atoms with Crippen LogP contribution in [0.4, 0.5) is 11.6 Å². The van der Waals surface area contributed by atoms with Crippen LogP contribution in [0.5, 0.6) is 0 Å². The Kier molecular flexibility index (Phi) is 3.15. The second-order valence-electron chi connectivity index (χ2n) is 5.27. The molecule has 1 aliphatic rings. The Balaban J connectivity index is 1.66. The summed E-state index contributed by atoms with van der Waals surface area (Å²) < 4.78 is 2.09. The van der Waals surface area contributed by atoms with E-state index in [0.29, 0.717) is 5.92 Å². The molecule has 0 aliphatic carbocycles. The Bertz CT molecular complexity index is 536. The Morgan fingerprint density at radius 2 is 1.84 bits per heavy atom. The molecule has 19 heavy (non-hydrogen) atoms. The predicted molar refractivity (Wildman–Crippen MR) is 78.3 cm³/mol. The van der Waals surface area contributed by atoms with Gasteiger partial charge in [0.2, 0.25) is 5.95 Å². The van der Waals surface area contributed by atoms with Crippen LogP contribution < -0.4 is 10.6 Å². The van der Waals surface area contributed by atoms with Crippen molar-refractivity contribution < 1.29 is 0 Å². The van der Waals surface area contributed by atoms with Crippen LogP contribution in [0.15, 0.2) is 36.7 Å². The summed E-state index contributed by atoms with van der Waals surface area (Å²) in [6.07, 6.45) is 6.22. The quantitative estimate of drug-likeness (QED) is 0.839. The van der Waals surface area contributed by atoms with Crippen LogP contribution in [-0.4, -0.2) is 22.6 Å². The lowest BCUT2D eigenvalue weighted by atomic mass is 9.89. The van der Waals surface area contributed by atoms with Crippen molar-refractivity contribution in [3.63, 3.8) is 0 Å². The van der Waals surface area contributed by atoms with Gasteiger partial charge in [0, 0.05) is 38.2 Å². The van der Waals surface area contributed by atoms with Gasteiger partial charge < -0.3 is 15.2 Å². The summed E-state index contributed by atoms with van der Waals surface area (Å²) in [6.45, 7) is 2.14. The molecule has 0 atom stereocenters. The molecular weight excluding hydrogens is 236 g/mol. The maximum absolute atomic E-state index is 5.74. The molecule has 1 fully saturated rings. The summed E-state index contributed by atoms with van der Waals surface area (Å²) in [7, 11) is 2.05. The Labute approximate surface area is 113 Å². The van der Waals surface area contributed by atoms with Crippen molar-refractivity contribution in [3.05, 3.63) is 42.2 Å². The van der Waals surface area contributed by atoms with Crippen LogP contribution >= 0.6 is 0 Å². The third kappa shape index (κ3) is 2.43. The number of aromatic nitrogens is 2. The van der Waals surface area contributed by atoms with Crippen LogP contribution in [-0.2, 0) is 7.05 Å². The molecule has 0 spiro atoms. The minimum absolute atomic E-state index is 0.650. The molecule has 4 heteroatoms. The molecule has 100 valence electrons. The lowest BCUT2D eigenvalue weighted by Crippen LogP contribution is -2.34. The number of anilines is 2. The van der Waals surface area contributed by atoms with Gasteiger partial charge in [-0.05, 0) is 36.5 Å². The van der Waals surface area contributed by atoms with Gasteiger partial charge in [0.1, 0.15) is 0 Å². The van der Waals surface area contributed by atoms with E-state index in [1.165, 1.54) is 18.4 Å². The smallest absolute Gasteiger partial charge is 0.205 e. The zero-order chi connectivity index (χ0) is 13.2. The molecule has 2 heterocycles. The van der Waals surface area contributed by atoms with Gasteiger partial charge in [0.15, 0.2) is 0 Å². The van der Waals surface area contributed by atoms with E-state index >= 15 is 0 Å². The number of rotatable bonds is 2. The SMILES string of the molecule is Cn1ccnc1N1CCC(c2ccc(N)cc2)CC1. The molecule has 0 bridgehead atoms. The number of nitrogen functional groups attached to an aromatic ring is 1. The van der Waals surface area contributed by atoms with Gasteiger partial charge in [-0.2, -0.15) is 0 Å². The van der Waals surface area contributed by atoms with Crippen LogP contribution in [0.2, 0.25) is 0 Å². The third-order valence-electron chi connectivity index (χ3n) is 3.98. The van der Waals surface area contributed by atoms with E-state index in [9.17, 15) is 0 Å². The average Bonchev–Trinajstić information content (AvgIpc) is 2.86. The van der Waals surface area contributed by atoms with E-state index in [0.717, 1.165) is 24.7 Å². The zero-order valence-electron chi connectivity index (χ0n) is 11.3. The van der Waals surface area contributed by atoms with Gasteiger partial charge >= 0.3 is 0 Å². The van der Waals surface area contributed by atoms with Crippen LogP contribution in [0.1, 0.15) is 24.3 Å². The van der Waals surface area contributed by atoms with Crippen LogP contribution in [0.25, 0.3) is 0 Å². The second-order valence-corrected chi connectivity index (χ2v) is 5.27. The van der Waals surface area contributed by atoms with Crippen molar-refractivity contribution in [3.8, 4) is 0 Å². The largest absolute Gasteiger partial charge is 0.399 e. The molecule has 1 aromatic carbocycles. The average molecular weight is 256 g/mol. The molecule has 1 aliphatic heterocycles. The summed E-state index contributed by atoms with van der Waals surface area (Å²) in [5, 5.41) is 0. The first-order valence-corrected chi connectivity index (χ1v) is 6.82. The molecule has 0 saturated carbocycles. The zero-order valence-corrected chi connectivity index (χ0v) is 11.3. The highest BCUT2D eigenvalue weighted by Crippen LogP contribution is 2.30. The summed E-state index contributed by atoms with van der Waals surface area (Å²) in [5.41, 5.74) is 7.99. The van der Waals surface area contributed by atoms with Crippen molar-refractivity contribution >= 4 is 11.6 Å².